The van der Waals surface area contributed by atoms with Gasteiger partial charge in [0.05, 0.1) is 19.9 Å². The van der Waals surface area contributed by atoms with Gasteiger partial charge in [0.15, 0.2) is 0 Å². The van der Waals surface area contributed by atoms with E-state index in [4.69, 9.17) is 10.5 Å². The molecular formula is C13H16BrN3O. The highest BCUT2D eigenvalue weighted by atomic mass is 79.9. The van der Waals surface area contributed by atoms with Gasteiger partial charge in [-0.2, -0.15) is 5.10 Å². The number of rotatable bonds is 5. The maximum Gasteiger partial charge on any atom is 0.215 e. The van der Waals surface area contributed by atoms with Crippen molar-refractivity contribution in [1.29, 1.82) is 0 Å². The number of aromatic nitrogens is 2. The van der Waals surface area contributed by atoms with Crippen molar-refractivity contribution in [2.24, 2.45) is 5.73 Å². The van der Waals surface area contributed by atoms with Gasteiger partial charge in [-0.25, -0.2) is 4.68 Å². The Labute approximate surface area is 115 Å². The minimum atomic E-state index is 0.596. The summed E-state index contributed by atoms with van der Waals surface area (Å²) in [4.78, 5) is 0. The average Bonchev–Trinajstić information content (AvgIpc) is 2.72. The molecule has 0 fully saturated rings. The van der Waals surface area contributed by atoms with Gasteiger partial charge in [0.25, 0.3) is 0 Å². The Kier molecular flexibility index (Phi) is 4.38. The summed E-state index contributed by atoms with van der Waals surface area (Å²) in [5.74, 6) is 0.792. The van der Waals surface area contributed by atoms with Gasteiger partial charge in [-0.3, -0.25) is 0 Å². The van der Waals surface area contributed by atoms with E-state index in [1.165, 1.54) is 5.56 Å². The van der Waals surface area contributed by atoms with Crippen molar-refractivity contribution in [3.63, 3.8) is 0 Å². The first-order valence-corrected chi connectivity index (χ1v) is 6.57. The first kappa shape index (κ1) is 13.1. The number of hydrogen-bond donors (Lipinski definition) is 1. The highest BCUT2D eigenvalue weighted by Gasteiger charge is 2.10. The molecule has 2 N–H and O–H groups in total. The van der Waals surface area contributed by atoms with E-state index in [-0.39, 0.29) is 0 Å². The molecule has 0 bridgehead atoms. The highest BCUT2D eigenvalue weighted by molar-refractivity contribution is 9.10. The summed E-state index contributed by atoms with van der Waals surface area (Å²) in [6.07, 6.45) is 2.60. The normalized spacial score (nSPS) is 10.6. The molecule has 1 aromatic carbocycles. The lowest BCUT2D eigenvalue weighted by Crippen LogP contribution is -2.07. The zero-order chi connectivity index (χ0) is 13.0. The predicted molar refractivity (Wildman–Crippen MR) is 74.8 cm³/mol. The van der Waals surface area contributed by atoms with E-state index >= 15 is 0 Å². The quantitative estimate of drug-likeness (QED) is 0.921. The van der Waals surface area contributed by atoms with Crippen LogP contribution in [0.15, 0.2) is 34.9 Å². The lowest BCUT2D eigenvalue weighted by molar-refractivity contribution is 0.363. The predicted octanol–water partition coefficient (Wildman–Crippen LogP) is 2.20. The van der Waals surface area contributed by atoms with E-state index < -0.39 is 0 Å². The third kappa shape index (κ3) is 2.91. The minimum Gasteiger partial charge on any atom is -0.481 e. The summed E-state index contributed by atoms with van der Waals surface area (Å²) < 4.78 is 8.32. The van der Waals surface area contributed by atoms with Crippen molar-refractivity contribution < 1.29 is 4.74 Å². The van der Waals surface area contributed by atoms with Crippen LogP contribution in [0, 0.1) is 0 Å². The Balaban J connectivity index is 2.23. The zero-order valence-electron chi connectivity index (χ0n) is 10.3. The second-order valence-electron chi connectivity index (χ2n) is 4.01. The van der Waals surface area contributed by atoms with Crippen LogP contribution < -0.4 is 10.5 Å². The van der Waals surface area contributed by atoms with E-state index in [0.29, 0.717) is 13.1 Å². The molecule has 0 unspecified atom stereocenters. The number of benzene rings is 1. The van der Waals surface area contributed by atoms with E-state index in [0.717, 1.165) is 22.3 Å². The lowest BCUT2D eigenvalue weighted by atomic mass is 10.2. The molecule has 0 saturated carbocycles. The molecule has 2 aromatic rings. The Bertz CT molecular complexity index is 525. The average molecular weight is 310 g/mol. The number of hydrogen-bond acceptors (Lipinski definition) is 3. The van der Waals surface area contributed by atoms with Gasteiger partial charge in [-0.05, 0) is 30.7 Å². The van der Waals surface area contributed by atoms with Crippen LogP contribution in [0.4, 0.5) is 0 Å². The van der Waals surface area contributed by atoms with Crippen LogP contribution in [0.2, 0.25) is 0 Å². The number of halogens is 1. The van der Waals surface area contributed by atoms with Crippen LogP contribution in [0.1, 0.15) is 11.1 Å². The van der Waals surface area contributed by atoms with E-state index in [1.54, 1.807) is 7.11 Å². The fourth-order valence-corrected chi connectivity index (χ4v) is 2.34. The van der Waals surface area contributed by atoms with Gasteiger partial charge in [0, 0.05) is 10.0 Å². The SMILES string of the molecule is COc1c(CCN)cnn1Cc1cccc(Br)c1. The molecule has 0 aliphatic heterocycles. The van der Waals surface area contributed by atoms with E-state index in [2.05, 4.69) is 33.2 Å². The molecule has 0 spiro atoms. The molecule has 4 nitrogen and oxygen atoms in total. The number of nitrogens with two attached hydrogens (primary N) is 1. The topological polar surface area (TPSA) is 53.1 Å². The van der Waals surface area contributed by atoms with Crippen LogP contribution in [0.3, 0.4) is 0 Å². The minimum absolute atomic E-state index is 0.596. The molecule has 0 saturated heterocycles. The van der Waals surface area contributed by atoms with Gasteiger partial charge >= 0.3 is 0 Å². The van der Waals surface area contributed by atoms with E-state index in [1.807, 2.05) is 23.0 Å². The second-order valence-corrected chi connectivity index (χ2v) is 4.92. The van der Waals surface area contributed by atoms with Crippen LogP contribution in [0.25, 0.3) is 0 Å². The van der Waals surface area contributed by atoms with Crippen LogP contribution in [-0.2, 0) is 13.0 Å². The molecule has 0 atom stereocenters. The number of methoxy groups -OCH3 is 1. The molecule has 5 heteroatoms. The van der Waals surface area contributed by atoms with Crippen molar-refractivity contribution in [2.45, 2.75) is 13.0 Å². The van der Waals surface area contributed by atoms with Crippen molar-refractivity contribution in [2.75, 3.05) is 13.7 Å². The van der Waals surface area contributed by atoms with Gasteiger partial charge in [-0.1, -0.05) is 28.1 Å². The lowest BCUT2D eigenvalue weighted by Gasteiger charge is -2.08. The van der Waals surface area contributed by atoms with Crippen LogP contribution >= 0.6 is 15.9 Å². The van der Waals surface area contributed by atoms with Crippen LogP contribution in [0.5, 0.6) is 5.88 Å². The highest BCUT2D eigenvalue weighted by Crippen LogP contribution is 2.20. The standard InChI is InChI=1S/C13H16BrN3O/c1-18-13-11(5-6-15)8-16-17(13)9-10-3-2-4-12(14)7-10/h2-4,7-8H,5-6,9,15H2,1H3. The first-order chi connectivity index (χ1) is 8.74. The zero-order valence-corrected chi connectivity index (χ0v) is 11.9. The first-order valence-electron chi connectivity index (χ1n) is 5.77. The molecule has 1 aromatic heterocycles. The van der Waals surface area contributed by atoms with Crippen molar-refractivity contribution in [1.82, 2.24) is 9.78 Å². The molecule has 96 valence electrons. The molecule has 0 aliphatic rings. The molecule has 2 rings (SSSR count). The second kappa shape index (κ2) is 6.02. The largest absolute Gasteiger partial charge is 0.481 e. The summed E-state index contributed by atoms with van der Waals surface area (Å²) in [5.41, 5.74) is 7.79. The smallest absolute Gasteiger partial charge is 0.215 e. The summed E-state index contributed by atoms with van der Waals surface area (Å²) in [7, 11) is 1.66. The Morgan fingerprint density at radius 1 is 1.44 bits per heavy atom. The fourth-order valence-electron chi connectivity index (χ4n) is 1.90. The fraction of sp³-hybridized carbons (Fsp3) is 0.308. The summed E-state index contributed by atoms with van der Waals surface area (Å²) >= 11 is 3.46. The molecule has 0 amide bonds. The number of nitrogens with zero attached hydrogens (tertiary/aromatic N) is 2. The third-order valence-electron chi connectivity index (χ3n) is 2.69. The monoisotopic (exact) mass is 309 g/mol. The van der Waals surface area contributed by atoms with Gasteiger partial charge in [0.2, 0.25) is 5.88 Å². The molecule has 1 heterocycles. The van der Waals surface area contributed by atoms with E-state index in [9.17, 15) is 0 Å². The number of ether oxygens (including phenoxy) is 1. The maximum atomic E-state index is 5.57. The Morgan fingerprint density at radius 2 is 2.28 bits per heavy atom. The summed E-state index contributed by atoms with van der Waals surface area (Å²) in [5, 5.41) is 4.35. The van der Waals surface area contributed by atoms with Crippen molar-refractivity contribution >= 4 is 15.9 Å². The Morgan fingerprint density at radius 3 is 2.94 bits per heavy atom. The molecule has 18 heavy (non-hydrogen) atoms. The van der Waals surface area contributed by atoms with Crippen LogP contribution in [-0.4, -0.2) is 23.4 Å². The van der Waals surface area contributed by atoms with Gasteiger partial charge < -0.3 is 10.5 Å². The van der Waals surface area contributed by atoms with Gasteiger partial charge in [0.1, 0.15) is 0 Å². The van der Waals surface area contributed by atoms with Gasteiger partial charge in [-0.15, -0.1) is 0 Å². The molecular weight excluding hydrogens is 294 g/mol. The van der Waals surface area contributed by atoms with Crippen molar-refractivity contribution in [3.05, 3.63) is 46.1 Å². The Hall–Kier alpha value is -1.33. The third-order valence-corrected chi connectivity index (χ3v) is 3.18. The maximum absolute atomic E-state index is 5.57. The van der Waals surface area contributed by atoms with Crippen molar-refractivity contribution in [3.8, 4) is 5.88 Å². The summed E-state index contributed by atoms with van der Waals surface area (Å²) in [6, 6.07) is 8.15. The molecule has 0 radical (unpaired) electrons. The summed E-state index contributed by atoms with van der Waals surface area (Å²) in [6.45, 7) is 1.28. The molecule has 0 aliphatic carbocycles.